The van der Waals surface area contributed by atoms with Crippen LogP contribution in [0.25, 0.3) is 0 Å². The SMILES string of the molecule is CC[C@H]1SC2=NC(C)=C(C(=O)OCCOC)[C@@H](c3cccc(F)c3)N2C1=O. The van der Waals surface area contributed by atoms with Crippen molar-refractivity contribution in [3.63, 3.8) is 0 Å². The zero-order chi connectivity index (χ0) is 19.6. The quantitative estimate of drug-likeness (QED) is 0.550. The minimum atomic E-state index is -0.764. The Hall–Kier alpha value is -2.19. The first kappa shape index (κ1) is 19.6. The molecule has 1 saturated heterocycles. The van der Waals surface area contributed by atoms with Gasteiger partial charge in [-0.1, -0.05) is 30.8 Å². The average Bonchev–Trinajstić information content (AvgIpc) is 2.96. The Labute approximate surface area is 161 Å². The molecule has 0 aromatic heterocycles. The number of carbonyl (C=O) groups is 2. The molecule has 0 saturated carbocycles. The van der Waals surface area contributed by atoms with Gasteiger partial charge in [-0.15, -0.1) is 0 Å². The average molecular weight is 392 g/mol. The Morgan fingerprint density at radius 3 is 2.81 bits per heavy atom. The van der Waals surface area contributed by atoms with Gasteiger partial charge in [-0.3, -0.25) is 9.69 Å². The van der Waals surface area contributed by atoms with Gasteiger partial charge in [-0.25, -0.2) is 14.2 Å². The van der Waals surface area contributed by atoms with Gasteiger partial charge >= 0.3 is 5.97 Å². The second-order valence-corrected chi connectivity index (χ2v) is 7.37. The van der Waals surface area contributed by atoms with Gasteiger partial charge in [-0.05, 0) is 31.0 Å². The third-order valence-electron chi connectivity index (χ3n) is 4.43. The lowest BCUT2D eigenvalue weighted by Gasteiger charge is -2.33. The van der Waals surface area contributed by atoms with Crippen molar-refractivity contribution in [2.45, 2.75) is 31.6 Å². The van der Waals surface area contributed by atoms with Crippen LogP contribution >= 0.6 is 11.8 Å². The van der Waals surface area contributed by atoms with Crippen molar-refractivity contribution in [1.82, 2.24) is 4.90 Å². The lowest BCUT2D eigenvalue weighted by atomic mass is 9.94. The summed E-state index contributed by atoms with van der Waals surface area (Å²) in [4.78, 5) is 31.6. The van der Waals surface area contributed by atoms with Gasteiger partial charge < -0.3 is 9.47 Å². The predicted molar refractivity (Wildman–Crippen MR) is 101 cm³/mol. The highest BCUT2D eigenvalue weighted by Gasteiger charge is 2.47. The van der Waals surface area contributed by atoms with E-state index in [1.54, 1.807) is 19.1 Å². The fraction of sp³-hybridized carbons (Fsp3) is 0.421. The number of allylic oxidation sites excluding steroid dienone is 1. The number of aliphatic imine (C=N–C) groups is 1. The first-order valence-electron chi connectivity index (χ1n) is 8.68. The molecule has 2 atom stereocenters. The monoisotopic (exact) mass is 392 g/mol. The molecule has 2 aliphatic rings. The maximum atomic E-state index is 13.9. The molecule has 1 aromatic carbocycles. The van der Waals surface area contributed by atoms with Gasteiger partial charge in [0, 0.05) is 7.11 Å². The van der Waals surface area contributed by atoms with Crippen molar-refractivity contribution < 1.29 is 23.5 Å². The Morgan fingerprint density at radius 2 is 2.15 bits per heavy atom. The summed E-state index contributed by atoms with van der Waals surface area (Å²) in [5, 5.41) is 0.267. The highest BCUT2D eigenvalue weighted by Crippen LogP contribution is 2.44. The van der Waals surface area contributed by atoms with Crippen LogP contribution < -0.4 is 0 Å². The molecule has 1 fully saturated rings. The van der Waals surface area contributed by atoms with Crippen molar-refractivity contribution in [3.8, 4) is 0 Å². The number of amides is 1. The van der Waals surface area contributed by atoms with E-state index in [2.05, 4.69) is 4.99 Å². The molecule has 8 heteroatoms. The van der Waals surface area contributed by atoms with Crippen LogP contribution in [0.2, 0.25) is 0 Å². The largest absolute Gasteiger partial charge is 0.460 e. The van der Waals surface area contributed by atoms with Gasteiger partial charge in [-0.2, -0.15) is 0 Å². The number of rotatable bonds is 6. The van der Waals surface area contributed by atoms with E-state index in [1.165, 1.54) is 35.9 Å². The number of hydrogen-bond donors (Lipinski definition) is 0. The standard InChI is InChI=1S/C19H21FN2O4S/c1-4-14-17(23)22-16(12-6-5-7-13(20)10-12)15(11(2)21-19(22)27-14)18(24)26-9-8-25-3/h5-7,10,14,16H,4,8-9H2,1-3H3/t14-,16-/m1/s1. The second kappa shape index (κ2) is 8.22. The summed E-state index contributed by atoms with van der Waals surface area (Å²) in [6.07, 6.45) is 0.640. The van der Waals surface area contributed by atoms with E-state index < -0.39 is 17.8 Å². The van der Waals surface area contributed by atoms with E-state index in [0.717, 1.165) is 0 Å². The molecular weight excluding hydrogens is 371 g/mol. The first-order chi connectivity index (χ1) is 13.0. The van der Waals surface area contributed by atoms with Crippen LogP contribution in [0.3, 0.4) is 0 Å². The maximum Gasteiger partial charge on any atom is 0.338 e. The lowest BCUT2D eigenvalue weighted by molar-refractivity contribution is -0.141. The first-order valence-corrected chi connectivity index (χ1v) is 9.56. The lowest BCUT2D eigenvalue weighted by Crippen LogP contribution is -2.41. The van der Waals surface area contributed by atoms with Crippen LogP contribution in [0.4, 0.5) is 4.39 Å². The van der Waals surface area contributed by atoms with Gasteiger partial charge in [0.25, 0.3) is 0 Å². The van der Waals surface area contributed by atoms with Crippen LogP contribution in [0, 0.1) is 5.82 Å². The Bertz CT molecular complexity index is 824. The third kappa shape index (κ3) is 3.77. The summed E-state index contributed by atoms with van der Waals surface area (Å²) < 4.78 is 24.1. The van der Waals surface area contributed by atoms with E-state index in [9.17, 15) is 14.0 Å². The van der Waals surface area contributed by atoms with Gasteiger partial charge in [0.1, 0.15) is 12.4 Å². The number of ether oxygens (including phenoxy) is 2. The topological polar surface area (TPSA) is 68.2 Å². The smallest absolute Gasteiger partial charge is 0.338 e. The summed E-state index contributed by atoms with van der Waals surface area (Å²) in [6.45, 7) is 3.96. The molecule has 1 amide bonds. The summed E-state index contributed by atoms with van der Waals surface area (Å²) in [5.74, 6) is -1.16. The second-order valence-electron chi connectivity index (χ2n) is 6.20. The van der Waals surface area contributed by atoms with Crippen LogP contribution in [-0.4, -0.2) is 47.5 Å². The van der Waals surface area contributed by atoms with Crippen molar-refractivity contribution in [2.24, 2.45) is 4.99 Å². The summed E-state index contributed by atoms with van der Waals surface area (Å²) >= 11 is 1.37. The van der Waals surface area contributed by atoms with Crippen LogP contribution in [-0.2, 0) is 19.1 Å². The van der Waals surface area contributed by atoms with E-state index in [1.807, 2.05) is 6.92 Å². The molecule has 144 valence electrons. The molecular formula is C19H21FN2O4S. The van der Waals surface area contributed by atoms with Gasteiger partial charge in [0.05, 0.1) is 29.2 Å². The van der Waals surface area contributed by atoms with Gasteiger partial charge in [0.15, 0.2) is 5.17 Å². The molecule has 0 N–H and O–H groups in total. The summed E-state index contributed by atoms with van der Waals surface area (Å²) in [5.41, 5.74) is 1.22. The normalized spacial score (nSPS) is 22.0. The molecule has 1 aromatic rings. The fourth-order valence-electron chi connectivity index (χ4n) is 3.14. The van der Waals surface area contributed by atoms with Crippen LogP contribution in [0.5, 0.6) is 0 Å². The number of benzene rings is 1. The third-order valence-corrected chi connectivity index (χ3v) is 5.75. The number of carbonyl (C=O) groups excluding carboxylic acids is 2. The number of nitrogens with zero attached hydrogens (tertiary/aromatic N) is 2. The highest BCUT2D eigenvalue weighted by atomic mass is 32.2. The van der Waals surface area contributed by atoms with Crippen LogP contribution in [0.1, 0.15) is 31.9 Å². The highest BCUT2D eigenvalue weighted by molar-refractivity contribution is 8.15. The minimum Gasteiger partial charge on any atom is -0.460 e. The van der Waals surface area contributed by atoms with E-state index in [-0.39, 0.29) is 29.9 Å². The van der Waals surface area contributed by atoms with Crippen molar-refractivity contribution in [2.75, 3.05) is 20.3 Å². The molecule has 2 aliphatic heterocycles. The molecule has 0 radical (unpaired) electrons. The maximum absolute atomic E-state index is 13.9. The Kier molecular flexibility index (Phi) is 5.96. The number of fused-ring (bicyclic) bond motifs is 1. The molecule has 27 heavy (non-hydrogen) atoms. The zero-order valence-corrected chi connectivity index (χ0v) is 16.2. The number of methoxy groups -OCH3 is 1. The van der Waals surface area contributed by atoms with E-state index >= 15 is 0 Å². The zero-order valence-electron chi connectivity index (χ0n) is 15.4. The minimum absolute atomic E-state index is 0.0822. The fourth-order valence-corrected chi connectivity index (χ4v) is 4.27. The Balaban J connectivity index is 2.05. The van der Waals surface area contributed by atoms with E-state index in [0.29, 0.717) is 22.8 Å². The van der Waals surface area contributed by atoms with E-state index in [4.69, 9.17) is 9.47 Å². The molecule has 6 nitrogen and oxygen atoms in total. The van der Waals surface area contributed by atoms with Crippen molar-refractivity contribution in [1.29, 1.82) is 0 Å². The van der Waals surface area contributed by atoms with Crippen molar-refractivity contribution in [3.05, 3.63) is 46.9 Å². The molecule has 0 bridgehead atoms. The summed E-state index contributed by atoms with van der Waals surface area (Å²) in [6, 6.07) is 5.15. The molecule has 0 aliphatic carbocycles. The number of halogens is 1. The molecule has 2 heterocycles. The van der Waals surface area contributed by atoms with Crippen LogP contribution in [0.15, 0.2) is 40.5 Å². The summed E-state index contributed by atoms with van der Waals surface area (Å²) in [7, 11) is 1.51. The number of hydrogen-bond acceptors (Lipinski definition) is 6. The molecule has 3 rings (SSSR count). The predicted octanol–water partition coefficient (Wildman–Crippen LogP) is 3.05. The number of thioether (sulfide) groups is 1. The van der Waals surface area contributed by atoms with Gasteiger partial charge in [0.2, 0.25) is 5.91 Å². The van der Waals surface area contributed by atoms with Crippen molar-refractivity contribution >= 4 is 28.8 Å². The Morgan fingerprint density at radius 1 is 1.37 bits per heavy atom. The number of amidine groups is 1. The molecule has 0 spiro atoms. The molecule has 0 unspecified atom stereocenters. The number of esters is 1.